The first kappa shape index (κ1) is 28.3. The molecule has 0 spiro atoms. The zero-order valence-corrected chi connectivity index (χ0v) is 22.9. The summed E-state index contributed by atoms with van der Waals surface area (Å²) in [7, 11) is 0. The first-order valence-electron chi connectivity index (χ1n) is 12.6. The predicted molar refractivity (Wildman–Crippen MR) is 140 cm³/mol. The van der Waals surface area contributed by atoms with Gasteiger partial charge in [-0.05, 0) is 44.0 Å². The van der Waals surface area contributed by atoms with Crippen molar-refractivity contribution < 1.29 is 46.5 Å². The molecule has 2 atom stereocenters. The minimum atomic E-state index is -4.66. The molecule has 0 saturated heterocycles. The van der Waals surface area contributed by atoms with Crippen LogP contribution in [0.1, 0.15) is 74.0 Å². The quantitative estimate of drug-likeness (QED) is 0.353. The Morgan fingerprint density at radius 1 is 1.12 bits per heavy atom. The molecule has 2 aliphatic heterocycles. The highest BCUT2D eigenvalue weighted by Gasteiger charge is 2.47. The Morgan fingerprint density at radius 2 is 1.83 bits per heavy atom. The molecule has 0 bridgehead atoms. The van der Waals surface area contributed by atoms with Crippen LogP contribution in [0.15, 0.2) is 24.3 Å². The third kappa shape index (κ3) is 5.40. The molecule has 1 amide bonds. The Bertz CT molecular complexity index is 1520. The van der Waals surface area contributed by atoms with Crippen molar-refractivity contribution in [2.45, 2.75) is 45.5 Å². The zero-order valence-electron chi connectivity index (χ0n) is 22.1. The fourth-order valence-electron chi connectivity index (χ4n) is 4.64. The third-order valence-corrected chi connectivity index (χ3v) is 7.72. The second-order valence-corrected chi connectivity index (χ2v) is 10.1. The van der Waals surface area contributed by atoms with Crippen molar-refractivity contribution in [1.82, 2.24) is 9.78 Å². The fraction of sp³-hybridized carbons (Fsp3) is 0.385. The monoisotopic (exact) mass is 594 g/mol. The summed E-state index contributed by atoms with van der Waals surface area (Å²) < 4.78 is 64.0. The van der Waals surface area contributed by atoms with Gasteiger partial charge >= 0.3 is 18.1 Å². The van der Waals surface area contributed by atoms with Crippen molar-refractivity contribution in [1.29, 1.82) is 0 Å². The maximum Gasteiger partial charge on any atom is 0.410 e. The van der Waals surface area contributed by atoms with E-state index < -0.39 is 36.1 Å². The average molecular weight is 595 g/mol. The van der Waals surface area contributed by atoms with Crippen molar-refractivity contribution in [2.24, 2.45) is 0 Å². The molecular formula is C26H25F3N4O7S. The molecule has 218 valence electrons. The van der Waals surface area contributed by atoms with Crippen molar-refractivity contribution >= 4 is 40.0 Å². The molecule has 41 heavy (non-hydrogen) atoms. The molecule has 5 rings (SSSR count). The summed E-state index contributed by atoms with van der Waals surface area (Å²) in [5.41, 5.74) is 0.413. The number of rotatable bonds is 7. The summed E-state index contributed by atoms with van der Waals surface area (Å²) in [4.78, 5) is 38.4. The number of fused-ring (bicyclic) bond motifs is 2. The Morgan fingerprint density at radius 3 is 2.54 bits per heavy atom. The van der Waals surface area contributed by atoms with Gasteiger partial charge in [0.25, 0.3) is 5.91 Å². The van der Waals surface area contributed by atoms with Gasteiger partial charge in [0, 0.05) is 12.5 Å². The summed E-state index contributed by atoms with van der Waals surface area (Å²) in [5.74, 6) is -1.44. The molecular weight excluding hydrogens is 569 g/mol. The molecule has 1 aromatic carbocycles. The van der Waals surface area contributed by atoms with E-state index in [0.717, 1.165) is 16.0 Å². The minimum Gasteiger partial charge on any atom is -0.462 e. The van der Waals surface area contributed by atoms with Gasteiger partial charge in [-0.25, -0.2) is 14.3 Å². The molecule has 0 saturated carbocycles. The van der Waals surface area contributed by atoms with Crippen molar-refractivity contribution in [3.05, 3.63) is 51.5 Å². The molecule has 0 fully saturated rings. The van der Waals surface area contributed by atoms with E-state index in [1.807, 2.05) is 0 Å². The van der Waals surface area contributed by atoms with Crippen LogP contribution in [0.25, 0.3) is 0 Å². The van der Waals surface area contributed by atoms with E-state index in [2.05, 4.69) is 15.7 Å². The number of alkyl halides is 3. The first-order chi connectivity index (χ1) is 19.5. The van der Waals surface area contributed by atoms with Crippen LogP contribution in [-0.2, 0) is 9.47 Å². The van der Waals surface area contributed by atoms with Gasteiger partial charge in [0.15, 0.2) is 23.2 Å². The van der Waals surface area contributed by atoms with Crippen molar-refractivity contribution in [3.63, 3.8) is 0 Å². The normalized spacial score (nSPS) is 17.4. The number of hydrogen-bond acceptors (Lipinski definition) is 10. The summed E-state index contributed by atoms with van der Waals surface area (Å²) in [6, 6.07) is 3.30. The Hall–Kier alpha value is -4.27. The van der Waals surface area contributed by atoms with E-state index >= 15 is 0 Å². The van der Waals surface area contributed by atoms with E-state index in [-0.39, 0.29) is 58.9 Å². The van der Waals surface area contributed by atoms with E-state index in [0.29, 0.717) is 17.1 Å². The Labute approximate surface area is 235 Å². The van der Waals surface area contributed by atoms with Gasteiger partial charge in [0.1, 0.15) is 15.7 Å². The summed E-state index contributed by atoms with van der Waals surface area (Å²) in [6.07, 6.45) is -5.05. The lowest BCUT2D eigenvalue weighted by Gasteiger charge is -2.33. The minimum absolute atomic E-state index is 0.0152. The highest BCUT2D eigenvalue weighted by molar-refractivity contribution is 7.18. The van der Waals surface area contributed by atoms with Crippen LogP contribution in [0.3, 0.4) is 0 Å². The number of carbonyl (C=O) groups excluding carboxylic acids is 3. The number of thiophene rings is 1. The van der Waals surface area contributed by atoms with E-state index in [9.17, 15) is 27.6 Å². The van der Waals surface area contributed by atoms with Crippen LogP contribution < -0.4 is 20.1 Å². The number of anilines is 2. The second kappa shape index (κ2) is 11.0. The van der Waals surface area contributed by atoms with Gasteiger partial charge in [-0.2, -0.15) is 18.3 Å². The van der Waals surface area contributed by atoms with Crippen LogP contribution in [0.2, 0.25) is 0 Å². The lowest BCUT2D eigenvalue weighted by Crippen LogP contribution is -2.35. The van der Waals surface area contributed by atoms with Crippen LogP contribution in [0.5, 0.6) is 11.5 Å². The Balaban J connectivity index is 1.46. The predicted octanol–water partition coefficient (Wildman–Crippen LogP) is 5.25. The van der Waals surface area contributed by atoms with Gasteiger partial charge in [0.2, 0.25) is 6.79 Å². The molecule has 4 heterocycles. The van der Waals surface area contributed by atoms with Crippen molar-refractivity contribution in [2.75, 3.05) is 30.6 Å². The maximum absolute atomic E-state index is 14.2. The van der Waals surface area contributed by atoms with E-state index in [1.165, 1.54) is 13.0 Å². The number of ether oxygens (including phenoxy) is 4. The van der Waals surface area contributed by atoms with E-state index in [4.69, 9.17) is 18.9 Å². The second-order valence-electron chi connectivity index (χ2n) is 9.12. The molecule has 15 heteroatoms. The van der Waals surface area contributed by atoms with Gasteiger partial charge in [-0.1, -0.05) is 6.07 Å². The number of amides is 1. The zero-order chi connectivity index (χ0) is 29.5. The molecule has 0 unspecified atom stereocenters. The molecule has 11 nitrogen and oxygen atoms in total. The van der Waals surface area contributed by atoms with Crippen LogP contribution in [0, 0.1) is 6.92 Å². The summed E-state index contributed by atoms with van der Waals surface area (Å²) in [6.45, 7) is 4.88. The summed E-state index contributed by atoms with van der Waals surface area (Å²) >= 11 is 0.799. The first-order valence-corrected chi connectivity index (χ1v) is 13.4. The number of nitrogens with zero attached hydrogens (tertiary/aromatic N) is 2. The number of hydrogen-bond donors (Lipinski definition) is 2. The lowest BCUT2D eigenvalue weighted by atomic mass is 9.96. The SMILES string of the molecule is CCOC(=O)c1sc(NC(=O)c2cc3n(n2)[C@@H](C(F)(F)F)C[C@H](c2ccc4c(c2)OCO4)N3)c(C(=O)OCC)c1C. The molecule has 2 aliphatic rings. The van der Waals surface area contributed by atoms with Gasteiger partial charge in [-0.3, -0.25) is 4.79 Å². The number of nitrogens with one attached hydrogen (secondary N) is 2. The highest BCUT2D eigenvalue weighted by atomic mass is 32.1. The third-order valence-electron chi connectivity index (χ3n) is 6.54. The average Bonchev–Trinajstić information content (AvgIpc) is 3.64. The van der Waals surface area contributed by atoms with Crippen LogP contribution >= 0.6 is 11.3 Å². The standard InChI is InChI=1S/C26H25F3N4O7S/c1-4-37-24(35)20-12(3)21(25(36)38-5-2)41-23(20)31-22(34)15-10-19-30-14(9-18(26(27,28)29)33(19)32-15)13-6-7-16-17(8-13)40-11-39-16/h6-8,10,14,18,30H,4-5,9,11H2,1-3H3,(H,31,34)/t14-,18-/m1/s1. The molecule has 0 radical (unpaired) electrons. The summed E-state index contributed by atoms with van der Waals surface area (Å²) in [5, 5.41) is 9.48. The van der Waals surface area contributed by atoms with Crippen molar-refractivity contribution in [3.8, 4) is 11.5 Å². The highest BCUT2D eigenvalue weighted by Crippen LogP contribution is 2.45. The number of halogens is 3. The Kier molecular flexibility index (Phi) is 7.55. The maximum atomic E-state index is 14.2. The van der Waals surface area contributed by atoms with Crippen LogP contribution in [-0.4, -0.2) is 53.8 Å². The van der Waals surface area contributed by atoms with Gasteiger partial charge < -0.3 is 29.6 Å². The number of benzene rings is 1. The smallest absolute Gasteiger partial charge is 0.410 e. The number of esters is 2. The number of aromatic nitrogens is 2. The molecule has 0 aliphatic carbocycles. The lowest BCUT2D eigenvalue weighted by molar-refractivity contribution is -0.173. The largest absolute Gasteiger partial charge is 0.462 e. The van der Waals surface area contributed by atoms with Gasteiger partial charge in [-0.15, -0.1) is 11.3 Å². The fourth-order valence-corrected chi connectivity index (χ4v) is 5.73. The van der Waals surface area contributed by atoms with Gasteiger partial charge in [0.05, 0.1) is 24.8 Å². The van der Waals surface area contributed by atoms with Crippen LogP contribution in [0.4, 0.5) is 24.0 Å². The molecule has 2 aromatic heterocycles. The number of carbonyl (C=O) groups is 3. The molecule has 2 N–H and O–H groups in total. The van der Waals surface area contributed by atoms with E-state index in [1.54, 1.807) is 32.0 Å². The molecule has 3 aromatic rings. The topological polar surface area (TPSA) is 130 Å².